The fourth-order valence-corrected chi connectivity index (χ4v) is 17.8. The zero-order chi connectivity index (χ0) is 62.7. The third-order valence-corrected chi connectivity index (χ3v) is 20.9. The largest absolute Gasteiger partial charge is 0.374 e. The number of likely N-dealkylation sites (N-methyl/N-ethyl adjacent to an activating group) is 2. The van der Waals surface area contributed by atoms with Crippen molar-refractivity contribution >= 4 is 0 Å². The summed E-state index contributed by atoms with van der Waals surface area (Å²) in [4.78, 5) is 26.8. The minimum atomic E-state index is -0.549. The van der Waals surface area contributed by atoms with E-state index in [1.807, 2.05) is 0 Å². The van der Waals surface area contributed by atoms with E-state index < -0.39 is 30.5 Å². The first-order chi connectivity index (χ1) is 43.0. The SMILES string of the molecule is CCOC1CCN(CC)C2=C1C(OCC)C1=C(N2CC)N(CC)C2=C(C1OCC)C(OCC)C1=C(N2CC)N(CC)C2=C(C1OCC)C(OCC)C1=C(N2CC)N(CC)C2=C(C(OCC)CC3(CN(CC)CCN3CC3CCCCC3)N2CC)C1OCC. The molecule has 10 rings (SSSR count). The van der Waals surface area contributed by atoms with Gasteiger partial charge in [0, 0.05) is 183 Å². The van der Waals surface area contributed by atoms with Crippen LogP contribution >= 0.6 is 0 Å². The average Bonchev–Trinajstić information content (AvgIpc) is 0.718. The number of piperazine rings is 1. The molecule has 0 bridgehead atoms. The van der Waals surface area contributed by atoms with Crippen molar-refractivity contribution in [2.24, 2.45) is 5.92 Å². The Kier molecular flexibility index (Phi) is 22.4. The van der Waals surface area contributed by atoms with Crippen LogP contribution in [0.25, 0.3) is 0 Å². The predicted molar refractivity (Wildman–Crippen MR) is 349 cm³/mol. The van der Waals surface area contributed by atoms with Crippen LogP contribution in [0, 0.1) is 5.92 Å². The van der Waals surface area contributed by atoms with Gasteiger partial charge in [-0.15, -0.1) is 0 Å². The molecule has 0 aromatic rings. The zero-order valence-electron chi connectivity index (χ0n) is 57.9. The number of nitrogens with zero attached hydrogens (tertiary/aromatic N) is 10. The van der Waals surface area contributed by atoms with Gasteiger partial charge in [-0.3, -0.25) is 9.80 Å². The minimum Gasteiger partial charge on any atom is -0.374 e. The lowest BCUT2D eigenvalue weighted by Crippen LogP contribution is -2.74. The molecule has 9 unspecified atom stereocenters. The van der Waals surface area contributed by atoms with E-state index in [9.17, 15) is 0 Å². The highest BCUT2D eigenvalue weighted by molar-refractivity contribution is 5.60. The third kappa shape index (κ3) is 11.0. The lowest BCUT2D eigenvalue weighted by molar-refractivity contribution is -0.149. The van der Waals surface area contributed by atoms with E-state index >= 15 is 0 Å². The third-order valence-electron chi connectivity index (χ3n) is 20.9. The van der Waals surface area contributed by atoms with Gasteiger partial charge < -0.3 is 77.1 Å². The van der Waals surface area contributed by atoms with Crippen LogP contribution in [0.5, 0.6) is 0 Å². The highest BCUT2D eigenvalue weighted by Gasteiger charge is 2.62. The smallest absolute Gasteiger partial charge is 0.120 e. The molecule has 0 radical (unpaired) electrons. The van der Waals surface area contributed by atoms with Crippen LogP contribution < -0.4 is 0 Å². The molecule has 496 valence electrons. The maximum atomic E-state index is 7.58. The van der Waals surface area contributed by atoms with E-state index in [2.05, 4.69) is 167 Å². The Bertz CT molecular complexity index is 2660. The second-order valence-corrected chi connectivity index (χ2v) is 24.9. The Hall–Kier alpha value is -3.82. The fraction of sp³-hybridized carbons (Fsp3) is 0.800. The van der Waals surface area contributed by atoms with Crippen LogP contribution in [0.1, 0.15) is 163 Å². The molecule has 0 aromatic carbocycles. The number of ether oxygens (including phenoxy) is 8. The van der Waals surface area contributed by atoms with Gasteiger partial charge in [-0.25, -0.2) is 0 Å². The van der Waals surface area contributed by atoms with Gasteiger partial charge in [0.2, 0.25) is 0 Å². The quantitative estimate of drug-likeness (QED) is 0.0778. The van der Waals surface area contributed by atoms with Gasteiger partial charge in [0.05, 0.1) is 12.2 Å². The summed E-state index contributed by atoms with van der Waals surface area (Å²) in [7, 11) is 0. The van der Waals surface area contributed by atoms with Crippen molar-refractivity contribution in [2.45, 2.75) is 217 Å². The van der Waals surface area contributed by atoms with Crippen LogP contribution in [0.3, 0.4) is 0 Å². The maximum Gasteiger partial charge on any atom is 0.120 e. The Morgan fingerprint density at radius 3 is 1.06 bits per heavy atom. The van der Waals surface area contributed by atoms with Gasteiger partial charge in [0.25, 0.3) is 0 Å². The van der Waals surface area contributed by atoms with Crippen molar-refractivity contribution in [3.05, 3.63) is 79.8 Å². The molecule has 1 spiro atoms. The van der Waals surface area contributed by atoms with Crippen molar-refractivity contribution in [1.29, 1.82) is 0 Å². The van der Waals surface area contributed by atoms with E-state index in [0.717, 1.165) is 135 Å². The Balaban J connectivity index is 1.19. The number of hydrogen-bond donors (Lipinski definition) is 0. The summed E-state index contributed by atoms with van der Waals surface area (Å²) >= 11 is 0. The first-order valence-corrected chi connectivity index (χ1v) is 35.8. The molecule has 9 atom stereocenters. The zero-order valence-corrected chi connectivity index (χ0v) is 57.9. The van der Waals surface area contributed by atoms with Gasteiger partial charge in [0.1, 0.15) is 83.0 Å². The molecule has 1 saturated carbocycles. The van der Waals surface area contributed by atoms with Crippen molar-refractivity contribution in [3.63, 3.8) is 0 Å². The fourth-order valence-electron chi connectivity index (χ4n) is 17.8. The summed E-state index contributed by atoms with van der Waals surface area (Å²) in [6, 6.07) is 0. The molecule has 88 heavy (non-hydrogen) atoms. The van der Waals surface area contributed by atoms with E-state index in [4.69, 9.17) is 37.9 Å². The summed E-state index contributed by atoms with van der Waals surface area (Å²) in [5.74, 6) is 8.84. The maximum absolute atomic E-state index is 7.58. The van der Waals surface area contributed by atoms with Crippen molar-refractivity contribution in [2.75, 3.05) is 144 Å². The molecule has 2 fully saturated rings. The Labute approximate surface area is 532 Å². The van der Waals surface area contributed by atoms with Gasteiger partial charge in [-0.2, -0.15) is 0 Å². The summed E-state index contributed by atoms with van der Waals surface area (Å²) in [6.07, 6.45) is 5.20. The molecule has 9 aliphatic heterocycles. The highest BCUT2D eigenvalue weighted by atomic mass is 16.5. The molecule has 1 saturated heterocycles. The normalized spacial score (nSPS) is 30.0. The average molecular weight is 1230 g/mol. The molecular weight excluding hydrogens is 1110 g/mol. The van der Waals surface area contributed by atoms with E-state index in [-0.39, 0.29) is 24.0 Å². The first kappa shape index (κ1) is 67.1. The van der Waals surface area contributed by atoms with Crippen LogP contribution in [-0.2, 0) is 37.9 Å². The van der Waals surface area contributed by atoms with E-state index in [0.29, 0.717) is 85.0 Å². The summed E-state index contributed by atoms with van der Waals surface area (Å²) in [5, 5.41) is 0. The molecule has 0 amide bonds. The van der Waals surface area contributed by atoms with Crippen LogP contribution in [-0.4, -0.2) is 248 Å². The van der Waals surface area contributed by atoms with Gasteiger partial charge in [0.15, 0.2) is 0 Å². The highest BCUT2D eigenvalue weighted by Crippen LogP contribution is 2.58. The summed E-state index contributed by atoms with van der Waals surface area (Å²) in [5.41, 5.74) is 7.70. The molecule has 18 heteroatoms. The van der Waals surface area contributed by atoms with Gasteiger partial charge in [-0.05, 0) is 143 Å². The van der Waals surface area contributed by atoms with E-state index in [1.54, 1.807) is 0 Å². The second kappa shape index (κ2) is 29.4. The second-order valence-electron chi connectivity index (χ2n) is 24.9. The molecule has 9 heterocycles. The molecule has 0 N–H and O–H groups in total. The lowest BCUT2D eigenvalue weighted by Gasteiger charge is -2.64. The van der Waals surface area contributed by atoms with E-state index in [1.165, 1.54) is 54.9 Å². The van der Waals surface area contributed by atoms with Crippen LogP contribution in [0.15, 0.2) is 79.8 Å². The monoisotopic (exact) mass is 1230 g/mol. The Morgan fingerprint density at radius 1 is 0.330 bits per heavy atom. The topological polar surface area (TPSA) is 106 Å². The van der Waals surface area contributed by atoms with Crippen molar-refractivity contribution in [1.82, 2.24) is 49.0 Å². The molecule has 0 aromatic heterocycles. The summed E-state index contributed by atoms with van der Waals surface area (Å²) < 4.78 is 58.9. The van der Waals surface area contributed by atoms with Gasteiger partial charge in [-0.1, -0.05) is 26.2 Å². The Morgan fingerprint density at radius 2 is 0.693 bits per heavy atom. The van der Waals surface area contributed by atoms with Crippen molar-refractivity contribution in [3.8, 4) is 0 Å². The number of hydrogen-bond acceptors (Lipinski definition) is 18. The van der Waals surface area contributed by atoms with Crippen molar-refractivity contribution < 1.29 is 37.9 Å². The predicted octanol–water partition coefficient (Wildman–Crippen LogP) is 10.1. The summed E-state index contributed by atoms with van der Waals surface area (Å²) in [6.45, 7) is 54.6. The number of rotatable bonds is 27. The van der Waals surface area contributed by atoms with Crippen LogP contribution in [0.2, 0.25) is 0 Å². The molecule has 1 aliphatic carbocycles. The van der Waals surface area contributed by atoms with Gasteiger partial charge >= 0.3 is 0 Å². The standard InChI is InChI=1S/C70H118N10O8/c1-18-71-42-43-73(45-47-38-36-35-37-39-47)70(46-71)44-49(82-28-11)51-58(84-30-13)53-60(86-32-15)55-62(88-34-17)56-61(87-33-16)54-59(85-31-14)52-57(83-29-12)50-48(81-27-10)40-41-72(19-2)63(50)74(20-3)64(52)75(21-4)65(54)76(22-5)66(56)77(23-6)67(55)78(24-7)68(53)79(25-8)69(51)80(70)26-9/h47-49,57-62H,18-46H2,1-17H3. The lowest BCUT2D eigenvalue weighted by atomic mass is 9.74. The van der Waals surface area contributed by atoms with Crippen LogP contribution in [0.4, 0.5) is 0 Å². The minimum absolute atomic E-state index is 0.101. The molecule has 10 aliphatic rings. The molecular formula is C70H118N10O8. The molecule has 18 nitrogen and oxygen atoms in total. The first-order valence-electron chi connectivity index (χ1n) is 35.8.